The SMILES string of the molecule is CC[C@H](C(=O)NCCOc1ccc(C(C)(C)C)cc1)N(c1cccc(OC)c1)S(C)(=O)=O. The maximum absolute atomic E-state index is 12.9. The van der Waals surface area contributed by atoms with Crippen molar-refractivity contribution in [3.8, 4) is 11.5 Å². The molecule has 2 aromatic rings. The van der Waals surface area contributed by atoms with E-state index in [1.807, 2.05) is 24.3 Å². The molecule has 0 bridgehead atoms. The number of sulfonamides is 1. The Labute approximate surface area is 191 Å². The van der Waals surface area contributed by atoms with Gasteiger partial charge in [-0.3, -0.25) is 9.10 Å². The van der Waals surface area contributed by atoms with E-state index in [1.54, 1.807) is 31.2 Å². The number of nitrogens with zero attached hydrogens (tertiary/aromatic N) is 1. The molecular formula is C24H34N2O5S. The first-order valence-electron chi connectivity index (χ1n) is 10.6. The van der Waals surface area contributed by atoms with Crippen LogP contribution in [0.2, 0.25) is 0 Å². The molecule has 32 heavy (non-hydrogen) atoms. The van der Waals surface area contributed by atoms with Gasteiger partial charge in [0.25, 0.3) is 0 Å². The van der Waals surface area contributed by atoms with Gasteiger partial charge in [-0.05, 0) is 41.7 Å². The molecule has 0 heterocycles. The van der Waals surface area contributed by atoms with Gasteiger partial charge < -0.3 is 14.8 Å². The van der Waals surface area contributed by atoms with E-state index in [0.29, 0.717) is 23.6 Å². The lowest BCUT2D eigenvalue weighted by molar-refractivity contribution is -0.122. The monoisotopic (exact) mass is 462 g/mol. The fourth-order valence-corrected chi connectivity index (χ4v) is 4.52. The second kappa shape index (κ2) is 10.7. The summed E-state index contributed by atoms with van der Waals surface area (Å²) in [7, 11) is -2.20. The molecule has 1 N–H and O–H groups in total. The first kappa shape index (κ1) is 25.5. The van der Waals surface area contributed by atoms with E-state index < -0.39 is 16.1 Å². The second-order valence-electron chi connectivity index (χ2n) is 8.60. The lowest BCUT2D eigenvalue weighted by atomic mass is 9.87. The highest BCUT2D eigenvalue weighted by Gasteiger charge is 2.31. The summed E-state index contributed by atoms with van der Waals surface area (Å²) in [6.07, 6.45) is 1.40. The predicted octanol–water partition coefficient (Wildman–Crippen LogP) is 3.73. The van der Waals surface area contributed by atoms with Crippen LogP contribution in [0.1, 0.15) is 39.7 Å². The van der Waals surface area contributed by atoms with Crippen molar-refractivity contribution in [1.29, 1.82) is 0 Å². The Morgan fingerprint density at radius 3 is 2.28 bits per heavy atom. The average molecular weight is 463 g/mol. The van der Waals surface area contributed by atoms with E-state index in [2.05, 4.69) is 26.1 Å². The maximum Gasteiger partial charge on any atom is 0.244 e. The largest absolute Gasteiger partial charge is 0.497 e. The molecule has 0 saturated carbocycles. The number of anilines is 1. The Morgan fingerprint density at radius 2 is 1.75 bits per heavy atom. The van der Waals surface area contributed by atoms with Gasteiger partial charge in [-0.2, -0.15) is 0 Å². The number of methoxy groups -OCH3 is 1. The van der Waals surface area contributed by atoms with Crippen molar-refractivity contribution in [1.82, 2.24) is 5.32 Å². The van der Waals surface area contributed by atoms with E-state index in [1.165, 1.54) is 12.7 Å². The van der Waals surface area contributed by atoms with Crippen molar-refractivity contribution < 1.29 is 22.7 Å². The van der Waals surface area contributed by atoms with E-state index in [-0.39, 0.29) is 24.5 Å². The number of nitrogens with one attached hydrogen (secondary N) is 1. The van der Waals surface area contributed by atoms with Crippen LogP contribution >= 0.6 is 0 Å². The third-order valence-corrected chi connectivity index (χ3v) is 6.21. The van der Waals surface area contributed by atoms with Crippen LogP contribution in [0.4, 0.5) is 5.69 Å². The molecule has 0 aliphatic carbocycles. The Balaban J connectivity index is 2.02. The summed E-state index contributed by atoms with van der Waals surface area (Å²) >= 11 is 0. The van der Waals surface area contributed by atoms with Crippen LogP contribution in [-0.2, 0) is 20.2 Å². The molecule has 0 aliphatic rings. The summed E-state index contributed by atoms with van der Waals surface area (Å²) in [5, 5.41) is 2.79. The first-order chi connectivity index (χ1) is 15.0. The van der Waals surface area contributed by atoms with E-state index in [0.717, 1.165) is 10.6 Å². The number of carbonyl (C=O) groups is 1. The Bertz CT molecular complexity index is 998. The van der Waals surface area contributed by atoms with Crippen LogP contribution in [0.25, 0.3) is 0 Å². The third kappa shape index (κ3) is 6.88. The number of carbonyl (C=O) groups excluding carboxylic acids is 1. The van der Waals surface area contributed by atoms with Gasteiger partial charge in [0.15, 0.2) is 0 Å². The van der Waals surface area contributed by atoms with Gasteiger partial charge in [-0.25, -0.2) is 8.42 Å². The van der Waals surface area contributed by atoms with Crippen LogP contribution < -0.4 is 19.1 Å². The molecule has 0 aromatic heterocycles. The fourth-order valence-electron chi connectivity index (χ4n) is 3.32. The zero-order valence-corrected chi connectivity index (χ0v) is 20.5. The van der Waals surface area contributed by atoms with Crippen LogP contribution in [0, 0.1) is 0 Å². The minimum absolute atomic E-state index is 0.0654. The molecular weight excluding hydrogens is 428 g/mol. The molecule has 8 heteroatoms. The van der Waals surface area contributed by atoms with Crippen molar-refractivity contribution in [3.05, 3.63) is 54.1 Å². The number of benzene rings is 2. The molecule has 0 unspecified atom stereocenters. The summed E-state index contributed by atoms with van der Waals surface area (Å²) in [6, 6.07) is 13.6. The zero-order valence-electron chi connectivity index (χ0n) is 19.7. The van der Waals surface area contributed by atoms with Gasteiger partial charge in [0.1, 0.15) is 24.1 Å². The molecule has 7 nitrogen and oxygen atoms in total. The highest BCUT2D eigenvalue weighted by atomic mass is 32.2. The van der Waals surface area contributed by atoms with Crippen molar-refractivity contribution in [2.24, 2.45) is 0 Å². The molecule has 1 amide bonds. The number of hydrogen-bond acceptors (Lipinski definition) is 5. The smallest absolute Gasteiger partial charge is 0.244 e. The number of ether oxygens (including phenoxy) is 2. The number of amides is 1. The Hall–Kier alpha value is -2.74. The lowest BCUT2D eigenvalue weighted by Crippen LogP contribution is -2.50. The van der Waals surface area contributed by atoms with Crippen LogP contribution in [0.3, 0.4) is 0 Å². The molecule has 2 aromatic carbocycles. The molecule has 176 valence electrons. The van der Waals surface area contributed by atoms with Gasteiger partial charge in [0, 0.05) is 6.07 Å². The summed E-state index contributed by atoms with van der Waals surface area (Å²) in [4.78, 5) is 12.9. The van der Waals surface area contributed by atoms with Gasteiger partial charge in [-0.15, -0.1) is 0 Å². The number of rotatable bonds is 10. The normalized spacial score (nSPS) is 12.7. The van der Waals surface area contributed by atoms with Crippen LogP contribution in [-0.4, -0.2) is 46.9 Å². The van der Waals surface area contributed by atoms with Gasteiger partial charge >= 0.3 is 0 Å². The maximum atomic E-state index is 12.9. The van der Waals surface area contributed by atoms with Gasteiger partial charge in [0.2, 0.25) is 15.9 Å². The van der Waals surface area contributed by atoms with Gasteiger partial charge in [-0.1, -0.05) is 45.9 Å². The topological polar surface area (TPSA) is 84.9 Å². The molecule has 0 radical (unpaired) electrons. The summed E-state index contributed by atoms with van der Waals surface area (Å²) in [5.41, 5.74) is 1.65. The minimum Gasteiger partial charge on any atom is -0.497 e. The van der Waals surface area contributed by atoms with Crippen molar-refractivity contribution in [2.75, 3.05) is 30.8 Å². The average Bonchev–Trinajstić information content (AvgIpc) is 2.73. The Kier molecular flexibility index (Phi) is 8.55. The molecule has 0 spiro atoms. The minimum atomic E-state index is -3.70. The molecule has 1 atom stereocenters. The summed E-state index contributed by atoms with van der Waals surface area (Å²) in [6.45, 7) is 8.74. The van der Waals surface area contributed by atoms with Crippen molar-refractivity contribution in [2.45, 2.75) is 45.6 Å². The molecule has 0 saturated heterocycles. The fraction of sp³-hybridized carbons (Fsp3) is 0.458. The van der Waals surface area contributed by atoms with Crippen molar-refractivity contribution in [3.63, 3.8) is 0 Å². The first-order valence-corrected chi connectivity index (χ1v) is 12.5. The highest BCUT2D eigenvalue weighted by molar-refractivity contribution is 7.92. The van der Waals surface area contributed by atoms with Crippen molar-refractivity contribution >= 4 is 21.6 Å². The van der Waals surface area contributed by atoms with E-state index in [9.17, 15) is 13.2 Å². The quantitative estimate of drug-likeness (QED) is 0.544. The highest BCUT2D eigenvalue weighted by Crippen LogP contribution is 2.26. The van der Waals surface area contributed by atoms with E-state index in [4.69, 9.17) is 9.47 Å². The zero-order chi connectivity index (χ0) is 23.9. The predicted molar refractivity (Wildman–Crippen MR) is 128 cm³/mol. The lowest BCUT2D eigenvalue weighted by Gasteiger charge is -2.30. The standard InChI is InChI=1S/C24H34N2O5S/c1-7-22(26(32(6,28)29)19-9-8-10-21(17-19)30-5)23(27)25-15-16-31-20-13-11-18(12-14-20)24(2,3)4/h8-14,17,22H,7,15-16H2,1-6H3,(H,25,27)/t22-/m1/s1. The summed E-state index contributed by atoms with van der Waals surface area (Å²) in [5.74, 6) is 0.846. The van der Waals surface area contributed by atoms with E-state index >= 15 is 0 Å². The third-order valence-electron chi connectivity index (χ3n) is 5.03. The molecule has 2 rings (SSSR count). The summed E-state index contributed by atoms with van der Waals surface area (Å²) < 4.78 is 37.1. The molecule has 0 aliphatic heterocycles. The Morgan fingerprint density at radius 1 is 1.09 bits per heavy atom. The second-order valence-corrected chi connectivity index (χ2v) is 10.5. The van der Waals surface area contributed by atoms with Crippen LogP contribution in [0.5, 0.6) is 11.5 Å². The molecule has 0 fully saturated rings. The van der Waals surface area contributed by atoms with Crippen LogP contribution in [0.15, 0.2) is 48.5 Å². The van der Waals surface area contributed by atoms with Gasteiger partial charge in [0.05, 0.1) is 25.6 Å². The number of hydrogen-bond donors (Lipinski definition) is 1.